The minimum atomic E-state index is -4.48. The van der Waals surface area contributed by atoms with Crippen LogP contribution in [0.1, 0.15) is 12.5 Å². The monoisotopic (exact) mass is 291 g/mol. The predicted molar refractivity (Wildman–Crippen MR) is 66.7 cm³/mol. The van der Waals surface area contributed by atoms with Crippen LogP contribution < -0.4 is 34.9 Å². The van der Waals surface area contributed by atoms with Gasteiger partial charge < -0.3 is 9.87 Å². The molecule has 0 heterocycles. The smallest absolute Gasteiger partial charge is 0.748 e. The molecule has 19 heavy (non-hydrogen) atoms. The predicted octanol–water partition coefficient (Wildman–Crippen LogP) is -2.25. The summed E-state index contributed by atoms with van der Waals surface area (Å²) < 4.78 is 32.9. The van der Waals surface area contributed by atoms with Gasteiger partial charge in [0.2, 0.25) is 5.91 Å². The zero-order valence-corrected chi connectivity index (χ0v) is 13.7. The second-order valence-electron chi connectivity index (χ2n) is 4.09. The van der Waals surface area contributed by atoms with Crippen LogP contribution in [0.2, 0.25) is 0 Å². The average Bonchev–Trinajstić information content (AvgIpc) is 2.27. The van der Waals surface area contributed by atoms with Gasteiger partial charge in [0.05, 0.1) is 21.4 Å². The maximum Gasteiger partial charge on any atom is 1.00 e. The number of benzene rings is 1. The first-order valence-corrected chi connectivity index (χ1v) is 6.78. The molecule has 1 aromatic carbocycles. The van der Waals surface area contributed by atoms with Crippen LogP contribution >= 0.6 is 0 Å². The summed E-state index contributed by atoms with van der Waals surface area (Å²) in [5.41, 5.74) is -0.729. The molecule has 1 rings (SSSR count). The van der Waals surface area contributed by atoms with Gasteiger partial charge in [-0.2, -0.15) is 0 Å². The van der Waals surface area contributed by atoms with Gasteiger partial charge in [0.15, 0.2) is 0 Å². The number of amides is 1. The molecule has 0 bridgehead atoms. The first-order chi connectivity index (χ1) is 8.27. The Balaban J connectivity index is 0.00000324. The van der Waals surface area contributed by atoms with Crippen molar-refractivity contribution in [2.45, 2.75) is 12.5 Å². The first kappa shape index (κ1) is 18.3. The van der Waals surface area contributed by atoms with Crippen molar-refractivity contribution in [3.63, 3.8) is 0 Å². The fraction of sp³-hybridized carbons (Fsp3) is 0.250. The Hall–Kier alpha value is -0.660. The van der Waals surface area contributed by atoms with E-state index in [1.807, 2.05) is 0 Å². The van der Waals surface area contributed by atoms with Crippen LogP contribution in [0.4, 0.5) is 0 Å². The molecule has 0 aromatic heterocycles. The SMILES string of the molecule is C=CC(=O)NC(C)(CS(=O)(=O)[O-])c1ccccc1.[Na+]. The molecule has 1 amide bonds. The van der Waals surface area contributed by atoms with E-state index in [-0.39, 0.29) is 29.6 Å². The summed E-state index contributed by atoms with van der Waals surface area (Å²) in [6, 6.07) is 8.45. The maximum absolute atomic E-state index is 11.4. The Morgan fingerprint density at radius 2 is 1.95 bits per heavy atom. The number of rotatable bonds is 5. The molecule has 0 saturated heterocycles. The van der Waals surface area contributed by atoms with E-state index >= 15 is 0 Å². The molecule has 0 saturated carbocycles. The van der Waals surface area contributed by atoms with Crippen LogP contribution in [0.5, 0.6) is 0 Å². The van der Waals surface area contributed by atoms with E-state index < -0.39 is 27.3 Å². The standard InChI is InChI=1S/C12H15NO4S.Na/c1-3-11(14)13-12(2,9-18(15,16)17)10-7-5-4-6-8-10;/h3-8H,1,9H2,2H3,(H,13,14)(H,15,16,17);/q;+1/p-1. The zero-order chi connectivity index (χ0) is 13.8. The quantitative estimate of drug-likeness (QED) is 0.377. The van der Waals surface area contributed by atoms with Gasteiger partial charge in [-0.15, -0.1) is 0 Å². The topological polar surface area (TPSA) is 86.3 Å². The average molecular weight is 291 g/mol. The third-order valence-electron chi connectivity index (χ3n) is 2.46. The molecule has 98 valence electrons. The molecule has 0 aliphatic heterocycles. The molecule has 1 atom stereocenters. The zero-order valence-electron chi connectivity index (χ0n) is 10.9. The van der Waals surface area contributed by atoms with Gasteiger partial charge >= 0.3 is 29.6 Å². The second kappa shape index (κ2) is 7.21. The van der Waals surface area contributed by atoms with E-state index in [1.165, 1.54) is 6.92 Å². The van der Waals surface area contributed by atoms with E-state index in [9.17, 15) is 17.8 Å². The number of hydrogen-bond donors (Lipinski definition) is 1. The van der Waals surface area contributed by atoms with Gasteiger partial charge in [-0.25, -0.2) is 8.42 Å². The molecule has 5 nitrogen and oxygen atoms in total. The van der Waals surface area contributed by atoms with E-state index in [1.54, 1.807) is 30.3 Å². The third kappa shape index (κ3) is 5.88. The van der Waals surface area contributed by atoms with Crippen LogP contribution in [-0.4, -0.2) is 24.6 Å². The van der Waals surface area contributed by atoms with Gasteiger partial charge in [0.1, 0.15) is 0 Å². The Kier molecular flexibility index (Phi) is 6.96. The third-order valence-corrected chi connectivity index (χ3v) is 3.39. The van der Waals surface area contributed by atoms with E-state index in [0.29, 0.717) is 5.56 Å². The summed E-state index contributed by atoms with van der Waals surface area (Å²) in [6.45, 7) is 4.78. The van der Waals surface area contributed by atoms with Crippen LogP contribution in [0.25, 0.3) is 0 Å². The number of hydrogen-bond acceptors (Lipinski definition) is 4. The number of carbonyl (C=O) groups excluding carboxylic acids is 1. The Bertz CT molecular complexity index is 544. The van der Waals surface area contributed by atoms with E-state index in [2.05, 4.69) is 11.9 Å². The van der Waals surface area contributed by atoms with Gasteiger partial charge in [0.25, 0.3) is 0 Å². The molecule has 7 heteroatoms. The van der Waals surface area contributed by atoms with Crippen LogP contribution in [0.15, 0.2) is 43.0 Å². The van der Waals surface area contributed by atoms with Crippen molar-refractivity contribution in [2.75, 3.05) is 5.75 Å². The number of carbonyl (C=O) groups is 1. The largest absolute Gasteiger partial charge is 1.00 e. The van der Waals surface area contributed by atoms with Crippen molar-refractivity contribution in [2.24, 2.45) is 0 Å². The molecule has 0 spiro atoms. The van der Waals surface area contributed by atoms with Crippen molar-refractivity contribution in [1.29, 1.82) is 0 Å². The molecule has 1 N–H and O–H groups in total. The van der Waals surface area contributed by atoms with Crippen molar-refractivity contribution in [1.82, 2.24) is 5.32 Å². The summed E-state index contributed by atoms with van der Waals surface area (Å²) in [6.07, 6.45) is 1.03. The van der Waals surface area contributed by atoms with Crippen molar-refractivity contribution >= 4 is 16.0 Å². The fourth-order valence-corrected chi connectivity index (χ4v) is 2.62. The van der Waals surface area contributed by atoms with Gasteiger partial charge in [-0.05, 0) is 18.6 Å². The minimum Gasteiger partial charge on any atom is -0.748 e. The summed E-state index contributed by atoms with van der Waals surface area (Å²) >= 11 is 0. The Labute approximate surface area is 135 Å². The first-order valence-electron chi connectivity index (χ1n) is 5.20. The normalized spacial score (nSPS) is 13.8. The molecule has 0 radical (unpaired) electrons. The van der Waals surface area contributed by atoms with E-state index in [0.717, 1.165) is 6.08 Å². The minimum absolute atomic E-state index is 0. The molecular weight excluding hydrogens is 277 g/mol. The molecular formula is C12H14NNaO4S. The van der Waals surface area contributed by atoms with E-state index in [4.69, 9.17) is 0 Å². The Morgan fingerprint density at radius 3 is 2.37 bits per heavy atom. The Morgan fingerprint density at radius 1 is 1.42 bits per heavy atom. The molecule has 1 aromatic rings. The van der Waals surface area contributed by atoms with Crippen molar-refractivity contribution in [3.8, 4) is 0 Å². The molecule has 0 aliphatic carbocycles. The summed E-state index contributed by atoms with van der Waals surface area (Å²) in [5.74, 6) is -1.26. The number of nitrogens with one attached hydrogen (secondary N) is 1. The van der Waals surface area contributed by atoms with Gasteiger partial charge in [-0.1, -0.05) is 36.9 Å². The van der Waals surface area contributed by atoms with Crippen LogP contribution in [0, 0.1) is 0 Å². The summed E-state index contributed by atoms with van der Waals surface area (Å²) in [4.78, 5) is 11.4. The van der Waals surface area contributed by atoms with Crippen LogP contribution in [-0.2, 0) is 20.5 Å². The molecule has 1 unspecified atom stereocenters. The fourth-order valence-electron chi connectivity index (χ4n) is 1.67. The molecule has 0 fully saturated rings. The second-order valence-corrected chi connectivity index (χ2v) is 5.50. The molecule has 0 aliphatic rings. The van der Waals surface area contributed by atoms with Gasteiger partial charge in [-0.3, -0.25) is 4.79 Å². The van der Waals surface area contributed by atoms with Gasteiger partial charge in [0, 0.05) is 0 Å². The summed E-state index contributed by atoms with van der Waals surface area (Å²) in [7, 11) is -4.48. The van der Waals surface area contributed by atoms with Crippen molar-refractivity contribution in [3.05, 3.63) is 48.6 Å². The maximum atomic E-state index is 11.4. The van der Waals surface area contributed by atoms with Crippen molar-refractivity contribution < 1.29 is 47.3 Å². The van der Waals surface area contributed by atoms with Crippen LogP contribution in [0.3, 0.4) is 0 Å². The summed E-state index contributed by atoms with van der Waals surface area (Å²) in [5, 5.41) is 2.48.